The molecule has 0 aliphatic carbocycles. The predicted molar refractivity (Wildman–Crippen MR) is 123 cm³/mol. The molecule has 7 heteroatoms. The smallest absolute Gasteiger partial charge is 0.262 e. The number of benzene rings is 2. The van der Waals surface area contributed by atoms with Gasteiger partial charge in [0.15, 0.2) is 18.1 Å². The van der Waals surface area contributed by atoms with Gasteiger partial charge in [-0.05, 0) is 63.6 Å². The summed E-state index contributed by atoms with van der Waals surface area (Å²) < 4.78 is 17.7. The molecule has 0 heterocycles. The lowest BCUT2D eigenvalue weighted by molar-refractivity contribution is -0.118. The maximum Gasteiger partial charge on any atom is 0.262 e. The molecule has 0 radical (unpaired) electrons. The van der Waals surface area contributed by atoms with Gasteiger partial charge >= 0.3 is 0 Å². The van der Waals surface area contributed by atoms with Crippen LogP contribution in [0.3, 0.4) is 0 Å². The second kappa shape index (κ2) is 13.3. The minimum absolute atomic E-state index is 0.102. The molecule has 164 valence electrons. The summed E-state index contributed by atoms with van der Waals surface area (Å²) >= 11 is 3.59. The van der Waals surface area contributed by atoms with Crippen LogP contribution in [0.25, 0.3) is 0 Å². The van der Waals surface area contributed by atoms with Crippen molar-refractivity contribution in [2.24, 2.45) is 0 Å². The first-order valence-electron chi connectivity index (χ1n) is 10.3. The van der Waals surface area contributed by atoms with E-state index in [9.17, 15) is 4.79 Å². The standard InChI is InChI=1S/C23H31BrN2O4/c1-4-28-12-6-11-25-15-18-13-21(29-5-2)22(14-20(18)24)30-16-23(27)26-19-9-7-17(3)8-10-19/h7-10,13-14,25H,4-6,11-12,15-16H2,1-3H3,(H,26,27). The van der Waals surface area contributed by atoms with Crippen LogP contribution in [0.4, 0.5) is 5.69 Å². The van der Waals surface area contributed by atoms with Gasteiger partial charge < -0.3 is 24.8 Å². The van der Waals surface area contributed by atoms with E-state index in [1.54, 1.807) is 0 Å². The van der Waals surface area contributed by atoms with Gasteiger partial charge in [0.25, 0.3) is 5.91 Å². The third-order valence-corrected chi connectivity index (χ3v) is 5.01. The molecule has 6 nitrogen and oxygen atoms in total. The van der Waals surface area contributed by atoms with Crippen LogP contribution in [0.15, 0.2) is 40.9 Å². The number of hydrogen-bond donors (Lipinski definition) is 2. The molecule has 0 bridgehead atoms. The maximum atomic E-state index is 12.2. The molecule has 0 saturated heterocycles. The Hall–Kier alpha value is -2.09. The van der Waals surface area contributed by atoms with Gasteiger partial charge in [-0.25, -0.2) is 0 Å². The lowest BCUT2D eigenvalue weighted by Gasteiger charge is -2.15. The Morgan fingerprint density at radius 1 is 1.03 bits per heavy atom. The van der Waals surface area contributed by atoms with Gasteiger partial charge in [0, 0.05) is 29.9 Å². The van der Waals surface area contributed by atoms with Gasteiger partial charge in [-0.3, -0.25) is 4.79 Å². The van der Waals surface area contributed by atoms with Crippen molar-refractivity contribution >= 4 is 27.5 Å². The zero-order valence-corrected chi connectivity index (χ0v) is 19.5. The number of anilines is 1. The Kier molecular flexibility index (Phi) is 10.7. The SMILES string of the molecule is CCOCCCNCc1cc(OCC)c(OCC(=O)Nc2ccc(C)cc2)cc1Br. The summed E-state index contributed by atoms with van der Waals surface area (Å²) in [7, 11) is 0. The molecule has 0 aliphatic rings. The maximum absolute atomic E-state index is 12.2. The van der Waals surface area contributed by atoms with Crippen LogP contribution in [0.1, 0.15) is 31.4 Å². The first-order chi connectivity index (χ1) is 14.5. The molecule has 0 saturated carbocycles. The molecular formula is C23H31BrN2O4. The largest absolute Gasteiger partial charge is 0.490 e. The topological polar surface area (TPSA) is 68.8 Å². The Balaban J connectivity index is 1.93. The molecule has 0 aromatic heterocycles. The van der Waals surface area contributed by atoms with Gasteiger partial charge in [-0.15, -0.1) is 0 Å². The van der Waals surface area contributed by atoms with Crippen LogP contribution in [-0.2, 0) is 16.1 Å². The fourth-order valence-electron chi connectivity index (χ4n) is 2.74. The number of rotatable bonds is 13. The molecule has 0 unspecified atom stereocenters. The molecule has 2 aromatic rings. The summed E-state index contributed by atoms with van der Waals surface area (Å²) in [5, 5.41) is 6.23. The molecule has 1 amide bonds. The van der Waals surface area contributed by atoms with Crippen LogP contribution in [0.5, 0.6) is 11.5 Å². The summed E-state index contributed by atoms with van der Waals surface area (Å²) in [4.78, 5) is 12.2. The van der Waals surface area contributed by atoms with Crippen LogP contribution in [0, 0.1) is 6.92 Å². The van der Waals surface area contributed by atoms with E-state index in [2.05, 4.69) is 26.6 Å². The fraction of sp³-hybridized carbons (Fsp3) is 0.435. The normalized spacial score (nSPS) is 10.7. The third-order valence-electron chi connectivity index (χ3n) is 4.27. The molecule has 2 aromatic carbocycles. The molecule has 2 rings (SSSR count). The van der Waals surface area contributed by atoms with Crippen molar-refractivity contribution in [1.29, 1.82) is 0 Å². The number of aryl methyl sites for hydroxylation is 1. The number of amides is 1. The first-order valence-corrected chi connectivity index (χ1v) is 11.1. The van der Waals surface area contributed by atoms with E-state index in [1.807, 2.05) is 57.2 Å². The first kappa shape index (κ1) is 24.2. The number of carbonyl (C=O) groups is 1. The van der Waals surface area contributed by atoms with Crippen LogP contribution in [-0.4, -0.2) is 38.9 Å². The van der Waals surface area contributed by atoms with Crippen LogP contribution in [0.2, 0.25) is 0 Å². The van der Waals surface area contributed by atoms with Gasteiger partial charge in [-0.2, -0.15) is 0 Å². The summed E-state index contributed by atoms with van der Waals surface area (Å²) in [5.41, 5.74) is 2.94. The zero-order valence-electron chi connectivity index (χ0n) is 17.9. The monoisotopic (exact) mass is 478 g/mol. The lowest BCUT2D eigenvalue weighted by Crippen LogP contribution is -2.20. The highest BCUT2D eigenvalue weighted by atomic mass is 79.9. The van der Waals surface area contributed by atoms with Crippen LogP contribution < -0.4 is 20.1 Å². The number of nitrogens with one attached hydrogen (secondary N) is 2. The predicted octanol–water partition coefficient (Wildman–Crippen LogP) is 4.69. The zero-order chi connectivity index (χ0) is 21.8. The minimum Gasteiger partial charge on any atom is -0.490 e. The van der Waals surface area contributed by atoms with Crippen LogP contribution >= 0.6 is 15.9 Å². The average molecular weight is 479 g/mol. The summed E-state index contributed by atoms with van der Waals surface area (Å²) in [6.45, 7) is 9.39. The van der Waals surface area contributed by atoms with Crippen molar-refractivity contribution in [1.82, 2.24) is 5.32 Å². The summed E-state index contributed by atoms with van der Waals surface area (Å²) in [6, 6.07) is 11.4. The highest BCUT2D eigenvalue weighted by molar-refractivity contribution is 9.10. The van der Waals surface area contributed by atoms with E-state index < -0.39 is 0 Å². The Labute approximate surface area is 187 Å². The number of ether oxygens (including phenoxy) is 3. The van der Waals surface area contributed by atoms with E-state index in [-0.39, 0.29) is 12.5 Å². The van der Waals surface area contributed by atoms with Crippen molar-refractivity contribution in [2.45, 2.75) is 33.7 Å². The fourth-order valence-corrected chi connectivity index (χ4v) is 3.20. The van der Waals surface area contributed by atoms with Crippen molar-refractivity contribution in [3.8, 4) is 11.5 Å². The molecule has 0 spiro atoms. The van der Waals surface area contributed by atoms with Crippen molar-refractivity contribution in [3.63, 3.8) is 0 Å². The van der Waals surface area contributed by atoms with Gasteiger partial charge in [0.2, 0.25) is 0 Å². The van der Waals surface area contributed by atoms with E-state index in [0.29, 0.717) is 24.7 Å². The van der Waals surface area contributed by atoms with Crippen molar-refractivity contribution < 1.29 is 19.0 Å². The molecule has 0 aliphatic heterocycles. The highest BCUT2D eigenvalue weighted by Gasteiger charge is 2.13. The Morgan fingerprint density at radius 3 is 2.47 bits per heavy atom. The second-order valence-electron chi connectivity index (χ2n) is 6.75. The Morgan fingerprint density at radius 2 is 1.77 bits per heavy atom. The molecule has 2 N–H and O–H groups in total. The number of halogens is 1. The Bertz CT molecular complexity index is 797. The summed E-state index contributed by atoms with van der Waals surface area (Å²) in [5.74, 6) is 0.926. The average Bonchev–Trinajstić information content (AvgIpc) is 2.73. The van der Waals surface area contributed by atoms with E-state index in [0.717, 1.165) is 47.5 Å². The number of carbonyl (C=O) groups excluding carboxylic acids is 1. The van der Waals surface area contributed by atoms with Gasteiger partial charge in [0.1, 0.15) is 0 Å². The van der Waals surface area contributed by atoms with E-state index in [1.165, 1.54) is 0 Å². The minimum atomic E-state index is -0.225. The second-order valence-corrected chi connectivity index (χ2v) is 7.61. The van der Waals surface area contributed by atoms with Gasteiger partial charge in [0.05, 0.1) is 6.61 Å². The lowest BCUT2D eigenvalue weighted by atomic mass is 10.2. The van der Waals surface area contributed by atoms with E-state index in [4.69, 9.17) is 14.2 Å². The van der Waals surface area contributed by atoms with Crippen molar-refractivity contribution in [2.75, 3.05) is 38.3 Å². The number of hydrogen-bond acceptors (Lipinski definition) is 5. The highest BCUT2D eigenvalue weighted by Crippen LogP contribution is 2.34. The summed E-state index contributed by atoms with van der Waals surface area (Å²) in [6.07, 6.45) is 0.959. The van der Waals surface area contributed by atoms with E-state index >= 15 is 0 Å². The molecule has 30 heavy (non-hydrogen) atoms. The third kappa shape index (κ3) is 8.34. The molecular weight excluding hydrogens is 448 g/mol. The van der Waals surface area contributed by atoms with Crippen molar-refractivity contribution in [3.05, 3.63) is 52.0 Å². The van der Waals surface area contributed by atoms with Gasteiger partial charge in [-0.1, -0.05) is 33.6 Å². The molecule has 0 atom stereocenters. The quantitative estimate of drug-likeness (QED) is 0.408. The molecule has 0 fully saturated rings.